The van der Waals surface area contributed by atoms with Crippen LogP contribution in [0.1, 0.15) is 71.1 Å². The molecule has 258 valence electrons. The molecule has 5 aromatic rings. The van der Waals surface area contributed by atoms with Crippen molar-refractivity contribution in [2.24, 2.45) is 0 Å². The number of hydrogen-bond acceptors (Lipinski definition) is 4. The Morgan fingerprint density at radius 1 is 0.327 bits per heavy atom. The van der Waals surface area contributed by atoms with E-state index < -0.39 is 39.0 Å². The Labute approximate surface area is 305 Å². The van der Waals surface area contributed by atoms with Gasteiger partial charge < -0.3 is 0 Å². The molecule has 4 heterocycles. The third kappa shape index (κ3) is 5.27. The summed E-state index contributed by atoms with van der Waals surface area (Å²) in [7, 11) is -2.72. The summed E-state index contributed by atoms with van der Waals surface area (Å²) in [5.74, 6) is -1.89. The zero-order valence-electron chi connectivity index (χ0n) is 28.3. The van der Waals surface area contributed by atoms with E-state index >= 15 is 0 Å². The summed E-state index contributed by atoms with van der Waals surface area (Å²) in [6, 6.07) is 48.7. The van der Waals surface area contributed by atoms with E-state index in [4.69, 9.17) is 0 Å². The highest BCUT2D eigenvalue weighted by molar-refractivity contribution is 7.72. The fourth-order valence-electron chi connectivity index (χ4n) is 8.26. The van der Waals surface area contributed by atoms with E-state index in [0.717, 1.165) is 32.9 Å². The van der Waals surface area contributed by atoms with Crippen LogP contribution in [0.4, 0.5) is 0 Å². The molecule has 0 unspecified atom stereocenters. The standard InChI is InChI=1S/C42H36N4O4P2/c47-35-25-26-36(48)44-40(30-17-7-2-8-18-30)51(39(43(35)44)29-15-5-1-6-16-29)33-23-13-14-24-34(33)52-41(31-19-9-3-10-20-31)45-37(49)27-28-38(50)46(45)42(52)32-21-11-4-12-22-32/h1-24,39-42H,25-28H2/t39-,40-,41-,42-/m1/s1. The fourth-order valence-corrected chi connectivity index (χ4v) is 15.6. The van der Waals surface area contributed by atoms with Crippen molar-refractivity contribution < 1.29 is 19.2 Å². The molecule has 0 N–H and O–H groups in total. The van der Waals surface area contributed by atoms with Gasteiger partial charge in [0.1, 0.15) is 23.1 Å². The topological polar surface area (TPSA) is 81.2 Å². The van der Waals surface area contributed by atoms with Crippen LogP contribution in [0.5, 0.6) is 0 Å². The number of hydrazine groups is 2. The molecule has 52 heavy (non-hydrogen) atoms. The first-order valence-electron chi connectivity index (χ1n) is 17.7. The maximum absolute atomic E-state index is 14.1. The van der Waals surface area contributed by atoms with Crippen LogP contribution in [0.2, 0.25) is 0 Å². The number of fused-ring (bicyclic) bond motifs is 2. The predicted octanol–water partition coefficient (Wildman–Crippen LogP) is 7.46. The van der Waals surface area contributed by atoms with Crippen LogP contribution >= 0.6 is 15.8 Å². The van der Waals surface area contributed by atoms with Crippen molar-refractivity contribution >= 4 is 50.1 Å². The van der Waals surface area contributed by atoms with Crippen LogP contribution in [0.15, 0.2) is 146 Å². The lowest BCUT2D eigenvalue weighted by molar-refractivity contribution is -0.171. The summed E-state index contributed by atoms with van der Waals surface area (Å²) in [5.41, 5.74) is 3.89. The molecular formula is C42H36N4O4P2. The molecule has 0 aliphatic carbocycles. The van der Waals surface area contributed by atoms with Gasteiger partial charge >= 0.3 is 0 Å². The summed E-state index contributed by atoms with van der Waals surface area (Å²) in [5, 5.41) is 9.17. The maximum Gasteiger partial charge on any atom is 0.242 e. The molecule has 0 spiro atoms. The van der Waals surface area contributed by atoms with Crippen LogP contribution in [-0.4, -0.2) is 43.7 Å². The van der Waals surface area contributed by atoms with Gasteiger partial charge in [-0.1, -0.05) is 146 Å². The van der Waals surface area contributed by atoms with Gasteiger partial charge in [0.15, 0.2) is 0 Å². The first-order chi connectivity index (χ1) is 25.5. The van der Waals surface area contributed by atoms with Crippen LogP contribution in [0.25, 0.3) is 0 Å². The van der Waals surface area contributed by atoms with E-state index in [1.165, 1.54) is 0 Å². The number of amides is 4. The number of benzene rings is 5. The van der Waals surface area contributed by atoms with Crippen LogP contribution in [0, 0.1) is 0 Å². The van der Waals surface area contributed by atoms with Crippen molar-refractivity contribution in [2.45, 2.75) is 48.8 Å². The Bertz CT molecular complexity index is 1870. The summed E-state index contributed by atoms with van der Waals surface area (Å²) in [4.78, 5) is 56.3. The van der Waals surface area contributed by atoms with Gasteiger partial charge in [-0.3, -0.25) is 19.2 Å². The Hall–Kier alpha value is -5.16. The monoisotopic (exact) mass is 722 g/mol. The minimum absolute atomic E-state index is 0.0628. The molecule has 0 radical (unpaired) electrons. The molecule has 4 aliphatic heterocycles. The Morgan fingerprint density at radius 2 is 0.538 bits per heavy atom. The molecule has 4 atom stereocenters. The van der Waals surface area contributed by atoms with Crippen molar-refractivity contribution in [3.63, 3.8) is 0 Å². The van der Waals surface area contributed by atoms with E-state index in [2.05, 4.69) is 60.7 Å². The highest BCUT2D eigenvalue weighted by atomic mass is 31.1. The summed E-state index contributed by atoms with van der Waals surface area (Å²) in [6.07, 6.45) is 0.659. The summed E-state index contributed by atoms with van der Waals surface area (Å²) >= 11 is 0. The van der Waals surface area contributed by atoms with Crippen LogP contribution in [0.3, 0.4) is 0 Å². The number of rotatable bonds is 6. The van der Waals surface area contributed by atoms with Crippen molar-refractivity contribution in [1.29, 1.82) is 0 Å². The molecule has 9 rings (SSSR count). The predicted molar refractivity (Wildman–Crippen MR) is 202 cm³/mol. The van der Waals surface area contributed by atoms with Gasteiger partial charge in [-0.05, 0) is 48.7 Å². The second kappa shape index (κ2) is 13.4. The van der Waals surface area contributed by atoms with Gasteiger partial charge in [0.05, 0.1) is 0 Å². The maximum atomic E-state index is 14.1. The third-order valence-electron chi connectivity index (χ3n) is 10.4. The van der Waals surface area contributed by atoms with Crippen molar-refractivity contribution in [1.82, 2.24) is 20.0 Å². The molecule has 0 bridgehead atoms. The number of carbonyl (C=O) groups is 4. The normalized spacial score (nSPS) is 23.7. The summed E-state index contributed by atoms with van der Waals surface area (Å²) in [6.45, 7) is 0. The third-order valence-corrected chi connectivity index (χ3v) is 16.6. The molecule has 8 nitrogen and oxygen atoms in total. The highest BCUT2D eigenvalue weighted by Gasteiger charge is 2.59. The van der Waals surface area contributed by atoms with Crippen molar-refractivity contribution in [3.8, 4) is 0 Å². The number of carbonyl (C=O) groups excluding carboxylic acids is 4. The van der Waals surface area contributed by atoms with Gasteiger partial charge in [-0.25, -0.2) is 20.0 Å². The van der Waals surface area contributed by atoms with E-state index in [0.29, 0.717) is 0 Å². The first-order valence-corrected chi connectivity index (χ1v) is 20.6. The van der Waals surface area contributed by atoms with Gasteiger partial charge in [0.2, 0.25) is 23.6 Å². The van der Waals surface area contributed by atoms with E-state index in [-0.39, 0.29) is 49.3 Å². The van der Waals surface area contributed by atoms with Gasteiger partial charge in [-0.15, -0.1) is 0 Å². The average molecular weight is 723 g/mol. The molecule has 4 aliphatic rings. The molecule has 5 aromatic carbocycles. The Morgan fingerprint density at radius 3 is 0.769 bits per heavy atom. The number of nitrogens with zero attached hydrogens (tertiary/aromatic N) is 4. The highest BCUT2D eigenvalue weighted by Crippen LogP contribution is 2.73. The molecule has 4 fully saturated rings. The van der Waals surface area contributed by atoms with Gasteiger partial charge in [-0.2, -0.15) is 0 Å². The lowest BCUT2D eigenvalue weighted by Gasteiger charge is -2.37. The van der Waals surface area contributed by atoms with E-state index in [1.54, 1.807) is 20.0 Å². The molecule has 10 heteroatoms. The van der Waals surface area contributed by atoms with Crippen LogP contribution in [-0.2, 0) is 19.2 Å². The minimum atomic E-state index is -1.36. The largest absolute Gasteiger partial charge is 0.273 e. The average Bonchev–Trinajstić information content (AvgIpc) is 3.76. The van der Waals surface area contributed by atoms with Crippen molar-refractivity contribution in [3.05, 3.63) is 168 Å². The molecular weight excluding hydrogens is 686 g/mol. The zero-order chi connectivity index (χ0) is 35.3. The second-order valence-electron chi connectivity index (χ2n) is 13.4. The minimum Gasteiger partial charge on any atom is -0.273 e. The molecule has 4 saturated heterocycles. The molecule has 0 saturated carbocycles. The van der Waals surface area contributed by atoms with Crippen LogP contribution < -0.4 is 10.6 Å². The smallest absolute Gasteiger partial charge is 0.242 e. The lowest BCUT2D eigenvalue weighted by atomic mass is 10.1. The number of hydrogen-bond donors (Lipinski definition) is 0. The molecule has 4 amide bonds. The first kappa shape index (κ1) is 32.7. The quantitative estimate of drug-likeness (QED) is 0.171. The lowest BCUT2D eigenvalue weighted by Crippen LogP contribution is -2.50. The van der Waals surface area contributed by atoms with Gasteiger partial charge in [0.25, 0.3) is 0 Å². The molecule has 0 aromatic heterocycles. The SMILES string of the molecule is O=C1CCC(=O)N2[C@@H](c3ccccc3)P(c3ccccc3P3[C@H](c4ccccc4)N4C(=O)CCC(=O)N4[C@H]3c3ccccc3)[C@H](c3ccccc3)N12. The Balaban J connectivity index is 1.32. The Kier molecular flexibility index (Phi) is 8.45. The van der Waals surface area contributed by atoms with Gasteiger partial charge in [0, 0.05) is 25.7 Å². The van der Waals surface area contributed by atoms with Crippen molar-refractivity contribution in [2.75, 3.05) is 0 Å². The second-order valence-corrected chi connectivity index (χ2v) is 17.9. The zero-order valence-corrected chi connectivity index (χ0v) is 30.1. The fraction of sp³-hybridized carbons (Fsp3) is 0.190. The summed E-state index contributed by atoms with van der Waals surface area (Å²) < 4.78 is 0. The van der Waals surface area contributed by atoms with E-state index in [9.17, 15) is 19.2 Å². The van der Waals surface area contributed by atoms with E-state index in [1.807, 2.05) is 84.9 Å².